The Bertz CT molecular complexity index is 1190. The fourth-order valence-corrected chi connectivity index (χ4v) is 5.16. The van der Waals surface area contributed by atoms with Crippen molar-refractivity contribution >= 4 is 29.2 Å². The fourth-order valence-electron chi connectivity index (χ4n) is 5.16. The van der Waals surface area contributed by atoms with E-state index in [1.807, 2.05) is 12.2 Å². The lowest BCUT2D eigenvalue weighted by molar-refractivity contribution is -0.385. The zero-order valence-electron chi connectivity index (χ0n) is 17.4. The highest BCUT2D eigenvalue weighted by Crippen LogP contribution is 2.52. The van der Waals surface area contributed by atoms with E-state index in [4.69, 9.17) is 0 Å². The molecule has 166 valence electrons. The number of para-hydroxylation sites is 1. The van der Waals surface area contributed by atoms with E-state index in [0.29, 0.717) is 12.0 Å². The van der Waals surface area contributed by atoms with Crippen molar-refractivity contribution in [2.45, 2.75) is 6.42 Å². The standard InChI is InChI=1S/C24H19N3O6/c28-19(14-6-2-1-3-7-14)13-25(22(29)17-8-4-5-9-18(17)27(32)33)26-23(30)20-15-10-11-16(12-15)21(20)24(26)31/h1-11,15-16,20-21H,12-13H2/t15-,16-,20-,21-/m0/s1. The molecule has 1 heterocycles. The molecule has 0 radical (unpaired) electrons. The summed E-state index contributed by atoms with van der Waals surface area (Å²) < 4.78 is 0. The second-order valence-electron chi connectivity index (χ2n) is 8.41. The van der Waals surface area contributed by atoms with Crippen LogP contribution in [0.3, 0.4) is 0 Å². The van der Waals surface area contributed by atoms with Crippen molar-refractivity contribution in [3.8, 4) is 0 Å². The molecule has 1 saturated carbocycles. The van der Waals surface area contributed by atoms with E-state index >= 15 is 0 Å². The number of allylic oxidation sites excluding steroid dienone is 2. The third kappa shape index (κ3) is 3.24. The summed E-state index contributed by atoms with van der Waals surface area (Å²) in [6, 6.07) is 13.4. The quantitative estimate of drug-likeness (QED) is 0.222. The maximum atomic E-state index is 13.5. The van der Waals surface area contributed by atoms with Crippen molar-refractivity contribution in [2.75, 3.05) is 6.54 Å². The Hall–Kier alpha value is -4.14. The number of ketones is 1. The molecule has 0 N–H and O–H groups in total. The molecule has 3 amide bonds. The number of Topliss-reactive ketones (excluding diaryl/α,β-unsaturated/α-hetero) is 1. The van der Waals surface area contributed by atoms with Gasteiger partial charge < -0.3 is 0 Å². The average molecular weight is 445 g/mol. The zero-order chi connectivity index (χ0) is 23.3. The van der Waals surface area contributed by atoms with Crippen molar-refractivity contribution in [3.05, 3.63) is 88.0 Å². The summed E-state index contributed by atoms with van der Waals surface area (Å²) in [5, 5.41) is 13.0. The first-order valence-electron chi connectivity index (χ1n) is 10.6. The summed E-state index contributed by atoms with van der Waals surface area (Å²) in [4.78, 5) is 64.0. The minimum absolute atomic E-state index is 0.0886. The molecule has 1 aliphatic heterocycles. The molecular formula is C24H19N3O6. The molecule has 3 aliphatic rings. The second-order valence-corrected chi connectivity index (χ2v) is 8.41. The van der Waals surface area contributed by atoms with Crippen LogP contribution in [0, 0.1) is 33.8 Å². The summed E-state index contributed by atoms with van der Waals surface area (Å²) >= 11 is 0. The number of carbonyl (C=O) groups excluding carboxylic acids is 4. The predicted molar refractivity (Wildman–Crippen MR) is 114 cm³/mol. The van der Waals surface area contributed by atoms with Crippen LogP contribution in [-0.2, 0) is 9.59 Å². The van der Waals surface area contributed by atoms with E-state index in [1.165, 1.54) is 18.2 Å². The zero-order valence-corrected chi connectivity index (χ0v) is 17.4. The predicted octanol–water partition coefficient (Wildman–Crippen LogP) is 2.64. The molecule has 0 spiro atoms. The van der Waals surface area contributed by atoms with Crippen molar-refractivity contribution in [1.29, 1.82) is 0 Å². The monoisotopic (exact) mass is 445 g/mol. The van der Waals surface area contributed by atoms with E-state index < -0.39 is 52.5 Å². The van der Waals surface area contributed by atoms with Crippen molar-refractivity contribution in [1.82, 2.24) is 10.0 Å². The lowest BCUT2D eigenvalue weighted by Gasteiger charge is -2.30. The number of imide groups is 1. The van der Waals surface area contributed by atoms with Gasteiger partial charge in [-0.05, 0) is 24.3 Å². The molecule has 4 atom stereocenters. The maximum Gasteiger partial charge on any atom is 0.282 e. The van der Waals surface area contributed by atoms with Crippen LogP contribution in [0.25, 0.3) is 0 Å². The van der Waals surface area contributed by atoms with Crippen molar-refractivity contribution < 1.29 is 24.1 Å². The van der Waals surface area contributed by atoms with Gasteiger partial charge in [0.05, 0.1) is 16.8 Å². The Kier molecular flexibility index (Phi) is 4.88. The maximum absolute atomic E-state index is 13.5. The lowest BCUT2D eigenvalue weighted by atomic mass is 9.85. The number of hydrogen-bond acceptors (Lipinski definition) is 6. The van der Waals surface area contributed by atoms with Crippen LogP contribution in [-0.4, -0.2) is 45.0 Å². The van der Waals surface area contributed by atoms with E-state index in [1.54, 1.807) is 30.3 Å². The number of nitro groups is 1. The molecule has 1 saturated heterocycles. The lowest BCUT2D eigenvalue weighted by Crippen LogP contribution is -2.52. The molecule has 2 fully saturated rings. The number of hydrogen-bond donors (Lipinski definition) is 0. The Morgan fingerprint density at radius 2 is 1.52 bits per heavy atom. The van der Waals surface area contributed by atoms with E-state index in [9.17, 15) is 29.3 Å². The summed E-state index contributed by atoms with van der Waals surface area (Å²) in [6.45, 7) is -0.603. The number of hydrazine groups is 1. The Morgan fingerprint density at radius 3 is 2.12 bits per heavy atom. The summed E-state index contributed by atoms with van der Waals surface area (Å²) in [7, 11) is 0. The first-order chi connectivity index (χ1) is 15.9. The van der Waals surface area contributed by atoms with Gasteiger partial charge in [-0.15, -0.1) is 0 Å². The van der Waals surface area contributed by atoms with Gasteiger partial charge in [0.1, 0.15) is 12.1 Å². The topological polar surface area (TPSA) is 118 Å². The van der Waals surface area contributed by atoms with Gasteiger partial charge in [-0.25, -0.2) is 5.01 Å². The minimum Gasteiger partial charge on any atom is -0.292 e. The van der Waals surface area contributed by atoms with Crippen LogP contribution in [0.2, 0.25) is 0 Å². The molecule has 2 aromatic carbocycles. The largest absolute Gasteiger partial charge is 0.292 e. The molecule has 2 aliphatic carbocycles. The molecule has 33 heavy (non-hydrogen) atoms. The highest BCUT2D eigenvalue weighted by molar-refractivity contribution is 6.11. The third-order valence-electron chi connectivity index (χ3n) is 6.64. The number of benzene rings is 2. The number of amides is 3. The van der Waals surface area contributed by atoms with Crippen LogP contribution >= 0.6 is 0 Å². The molecule has 9 heteroatoms. The molecule has 9 nitrogen and oxygen atoms in total. The molecule has 0 aromatic heterocycles. The number of fused-ring (bicyclic) bond motifs is 5. The van der Waals surface area contributed by atoms with Crippen LogP contribution in [0.4, 0.5) is 5.69 Å². The van der Waals surface area contributed by atoms with Gasteiger partial charge in [-0.2, -0.15) is 5.01 Å². The van der Waals surface area contributed by atoms with Crippen LogP contribution in [0.5, 0.6) is 0 Å². The molecule has 2 aromatic rings. The molecule has 2 bridgehead atoms. The van der Waals surface area contributed by atoms with Gasteiger partial charge in [0, 0.05) is 11.6 Å². The Balaban J connectivity index is 1.54. The third-order valence-corrected chi connectivity index (χ3v) is 6.64. The van der Waals surface area contributed by atoms with Crippen molar-refractivity contribution in [2.24, 2.45) is 23.7 Å². The summed E-state index contributed by atoms with van der Waals surface area (Å²) in [5.41, 5.74) is -0.485. The average Bonchev–Trinajstić information content (AvgIpc) is 3.51. The number of nitro benzene ring substituents is 1. The first-order valence-corrected chi connectivity index (χ1v) is 10.6. The van der Waals surface area contributed by atoms with Gasteiger partial charge >= 0.3 is 0 Å². The Labute approximate surface area is 188 Å². The smallest absolute Gasteiger partial charge is 0.282 e. The van der Waals surface area contributed by atoms with Gasteiger partial charge in [0.2, 0.25) is 0 Å². The molecule has 0 unspecified atom stereocenters. The molecular weight excluding hydrogens is 426 g/mol. The van der Waals surface area contributed by atoms with E-state index in [2.05, 4.69) is 0 Å². The normalized spacial score (nSPS) is 24.8. The number of rotatable bonds is 6. The van der Waals surface area contributed by atoms with E-state index in [0.717, 1.165) is 16.1 Å². The highest BCUT2D eigenvalue weighted by Gasteiger charge is 2.61. The van der Waals surface area contributed by atoms with Gasteiger partial charge in [-0.1, -0.05) is 54.6 Å². The van der Waals surface area contributed by atoms with Crippen LogP contribution in [0.1, 0.15) is 27.1 Å². The van der Waals surface area contributed by atoms with Crippen LogP contribution in [0.15, 0.2) is 66.7 Å². The summed E-state index contributed by atoms with van der Waals surface area (Å²) in [5.74, 6) is -3.89. The van der Waals surface area contributed by atoms with E-state index in [-0.39, 0.29) is 17.4 Å². The summed E-state index contributed by atoms with van der Waals surface area (Å²) in [6.07, 6.45) is 4.55. The number of carbonyl (C=O) groups is 4. The fraction of sp³-hybridized carbons (Fsp3) is 0.250. The Morgan fingerprint density at radius 1 is 0.939 bits per heavy atom. The van der Waals surface area contributed by atoms with Gasteiger partial charge in [0.25, 0.3) is 23.4 Å². The highest BCUT2D eigenvalue weighted by atomic mass is 16.6. The van der Waals surface area contributed by atoms with Crippen LogP contribution < -0.4 is 0 Å². The molecule has 5 rings (SSSR count). The number of nitrogens with zero attached hydrogens (tertiary/aromatic N) is 3. The SMILES string of the molecule is O=C(CN(C(=O)c1ccccc1[N+](=O)[O-])N1C(=O)[C@@H]2[C@@H](C1=O)[C@H]1C=C[C@H]2C1)c1ccccc1. The minimum atomic E-state index is -0.950. The first kappa shape index (κ1) is 20.7. The second kappa shape index (κ2) is 7.77. The van der Waals surface area contributed by atoms with Gasteiger partial charge in [-0.3, -0.25) is 29.3 Å². The van der Waals surface area contributed by atoms with Gasteiger partial charge in [0.15, 0.2) is 5.78 Å². The van der Waals surface area contributed by atoms with Crippen molar-refractivity contribution in [3.63, 3.8) is 0 Å².